The third-order valence-electron chi connectivity index (χ3n) is 2.93. The van der Waals surface area contributed by atoms with E-state index in [4.69, 9.17) is 27.9 Å². The van der Waals surface area contributed by atoms with E-state index in [1.165, 1.54) is 6.08 Å². The number of carbonyl (C=O) groups is 1. The van der Waals surface area contributed by atoms with Gasteiger partial charge in [0.15, 0.2) is 0 Å². The maximum atomic E-state index is 11.7. The SMILES string of the molecule is O=C(/C=C/c1c(Cl)cccc1Cl)NC[C@@H]1CCCO1. The highest BCUT2D eigenvalue weighted by Crippen LogP contribution is 2.25. The Labute approximate surface area is 122 Å². The fourth-order valence-corrected chi connectivity index (χ4v) is 2.43. The Balaban J connectivity index is 1.88. The van der Waals surface area contributed by atoms with E-state index in [9.17, 15) is 4.79 Å². The van der Waals surface area contributed by atoms with Gasteiger partial charge in [0.1, 0.15) is 0 Å². The van der Waals surface area contributed by atoms with E-state index >= 15 is 0 Å². The third kappa shape index (κ3) is 4.23. The van der Waals surface area contributed by atoms with Gasteiger partial charge in [0.25, 0.3) is 0 Å². The molecule has 0 aliphatic carbocycles. The van der Waals surface area contributed by atoms with Crippen LogP contribution in [0.15, 0.2) is 24.3 Å². The van der Waals surface area contributed by atoms with E-state index in [1.54, 1.807) is 24.3 Å². The first-order chi connectivity index (χ1) is 9.16. The van der Waals surface area contributed by atoms with Crippen molar-refractivity contribution in [3.63, 3.8) is 0 Å². The predicted octanol–water partition coefficient (Wildman–Crippen LogP) is 3.30. The summed E-state index contributed by atoms with van der Waals surface area (Å²) >= 11 is 12.0. The molecule has 2 rings (SSSR count). The lowest BCUT2D eigenvalue weighted by Gasteiger charge is -2.09. The summed E-state index contributed by atoms with van der Waals surface area (Å²) in [5.74, 6) is -0.175. The zero-order chi connectivity index (χ0) is 13.7. The fourth-order valence-electron chi connectivity index (χ4n) is 1.91. The van der Waals surface area contributed by atoms with E-state index in [-0.39, 0.29) is 12.0 Å². The van der Waals surface area contributed by atoms with Crippen LogP contribution in [-0.2, 0) is 9.53 Å². The van der Waals surface area contributed by atoms with Crippen molar-refractivity contribution in [1.29, 1.82) is 0 Å². The van der Waals surface area contributed by atoms with Crippen molar-refractivity contribution in [2.45, 2.75) is 18.9 Å². The van der Waals surface area contributed by atoms with E-state index in [0.29, 0.717) is 22.2 Å². The second kappa shape index (κ2) is 6.94. The van der Waals surface area contributed by atoms with Crippen LogP contribution < -0.4 is 5.32 Å². The molecule has 0 aromatic heterocycles. The average molecular weight is 300 g/mol. The number of carbonyl (C=O) groups excluding carboxylic acids is 1. The Kier molecular flexibility index (Phi) is 5.25. The Morgan fingerprint density at radius 1 is 1.42 bits per heavy atom. The maximum absolute atomic E-state index is 11.7. The molecule has 0 spiro atoms. The molecule has 5 heteroatoms. The van der Waals surface area contributed by atoms with Crippen molar-refractivity contribution < 1.29 is 9.53 Å². The largest absolute Gasteiger partial charge is 0.376 e. The first kappa shape index (κ1) is 14.4. The van der Waals surface area contributed by atoms with Gasteiger partial charge in [-0.3, -0.25) is 4.79 Å². The van der Waals surface area contributed by atoms with Crippen LogP contribution in [0, 0.1) is 0 Å². The molecule has 1 amide bonds. The molecular formula is C14H15Cl2NO2. The molecule has 1 atom stereocenters. The van der Waals surface area contributed by atoms with Gasteiger partial charge in [-0.1, -0.05) is 29.3 Å². The van der Waals surface area contributed by atoms with Gasteiger partial charge in [0, 0.05) is 34.8 Å². The highest BCUT2D eigenvalue weighted by atomic mass is 35.5. The first-order valence-electron chi connectivity index (χ1n) is 6.18. The zero-order valence-corrected chi connectivity index (χ0v) is 11.9. The van der Waals surface area contributed by atoms with Crippen LogP contribution in [0.3, 0.4) is 0 Å². The Hall–Kier alpha value is -1.03. The number of hydrogen-bond acceptors (Lipinski definition) is 2. The summed E-state index contributed by atoms with van der Waals surface area (Å²) in [6, 6.07) is 5.23. The van der Waals surface area contributed by atoms with E-state index in [2.05, 4.69) is 5.32 Å². The van der Waals surface area contributed by atoms with Gasteiger partial charge >= 0.3 is 0 Å². The van der Waals surface area contributed by atoms with Gasteiger partial charge in [-0.05, 0) is 31.1 Å². The Bertz CT molecular complexity index is 462. The molecule has 1 fully saturated rings. The summed E-state index contributed by atoms with van der Waals surface area (Å²) in [6.07, 6.45) is 5.25. The molecule has 1 saturated heterocycles. The van der Waals surface area contributed by atoms with Crippen LogP contribution in [-0.4, -0.2) is 25.2 Å². The number of amides is 1. The quantitative estimate of drug-likeness (QED) is 0.866. The van der Waals surface area contributed by atoms with Crippen LogP contribution in [0.4, 0.5) is 0 Å². The number of rotatable bonds is 4. The molecule has 0 saturated carbocycles. The minimum Gasteiger partial charge on any atom is -0.376 e. The van der Waals surface area contributed by atoms with Crippen LogP contribution in [0.5, 0.6) is 0 Å². The molecule has 1 aliphatic heterocycles. The minimum absolute atomic E-state index is 0.140. The van der Waals surface area contributed by atoms with E-state index < -0.39 is 0 Å². The van der Waals surface area contributed by atoms with Crippen molar-refractivity contribution in [3.05, 3.63) is 39.9 Å². The Morgan fingerprint density at radius 2 is 2.16 bits per heavy atom. The summed E-state index contributed by atoms with van der Waals surface area (Å²) in [5, 5.41) is 3.84. The normalized spacial score (nSPS) is 18.9. The van der Waals surface area contributed by atoms with Crippen molar-refractivity contribution in [1.82, 2.24) is 5.32 Å². The Morgan fingerprint density at radius 3 is 2.79 bits per heavy atom. The molecule has 1 aromatic carbocycles. The van der Waals surface area contributed by atoms with Crippen LogP contribution >= 0.6 is 23.2 Å². The van der Waals surface area contributed by atoms with Crippen molar-refractivity contribution in [3.8, 4) is 0 Å². The van der Waals surface area contributed by atoms with Crippen LogP contribution in [0.1, 0.15) is 18.4 Å². The molecule has 0 bridgehead atoms. The number of nitrogens with one attached hydrogen (secondary N) is 1. The smallest absolute Gasteiger partial charge is 0.244 e. The lowest BCUT2D eigenvalue weighted by molar-refractivity contribution is -0.116. The second-order valence-electron chi connectivity index (χ2n) is 4.35. The summed E-state index contributed by atoms with van der Waals surface area (Å²) < 4.78 is 5.42. The number of ether oxygens (including phenoxy) is 1. The summed E-state index contributed by atoms with van der Waals surface area (Å²) in [4.78, 5) is 11.7. The number of halogens is 2. The monoisotopic (exact) mass is 299 g/mol. The molecule has 102 valence electrons. The van der Waals surface area contributed by atoms with Gasteiger partial charge in [0.05, 0.1) is 6.10 Å². The van der Waals surface area contributed by atoms with Gasteiger partial charge in [-0.2, -0.15) is 0 Å². The average Bonchev–Trinajstić information content (AvgIpc) is 2.89. The standard InChI is InChI=1S/C14H15Cl2NO2/c15-12-4-1-5-13(16)11(12)6-7-14(18)17-9-10-3-2-8-19-10/h1,4-7,10H,2-3,8-9H2,(H,17,18)/b7-6+/t10-/m0/s1. The molecule has 1 aromatic rings. The molecule has 1 N–H and O–H groups in total. The topological polar surface area (TPSA) is 38.3 Å². The number of hydrogen-bond donors (Lipinski definition) is 1. The highest BCUT2D eigenvalue weighted by molar-refractivity contribution is 6.37. The van der Waals surface area contributed by atoms with Crippen molar-refractivity contribution in [2.24, 2.45) is 0 Å². The molecule has 0 radical (unpaired) electrons. The fraction of sp³-hybridized carbons (Fsp3) is 0.357. The molecule has 19 heavy (non-hydrogen) atoms. The van der Waals surface area contributed by atoms with Crippen molar-refractivity contribution >= 4 is 35.2 Å². The molecule has 1 aliphatic rings. The molecular weight excluding hydrogens is 285 g/mol. The zero-order valence-electron chi connectivity index (χ0n) is 10.4. The molecule has 3 nitrogen and oxygen atoms in total. The van der Waals surface area contributed by atoms with Gasteiger partial charge in [-0.25, -0.2) is 0 Å². The summed E-state index contributed by atoms with van der Waals surface area (Å²) in [7, 11) is 0. The van der Waals surface area contributed by atoms with Crippen molar-refractivity contribution in [2.75, 3.05) is 13.2 Å². The van der Waals surface area contributed by atoms with Crippen LogP contribution in [0.25, 0.3) is 6.08 Å². The van der Waals surface area contributed by atoms with Crippen LogP contribution in [0.2, 0.25) is 10.0 Å². The molecule has 1 heterocycles. The van der Waals surface area contributed by atoms with Gasteiger partial charge in [0.2, 0.25) is 5.91 Å². The summed E-state index contributed by atoms with van der Waals surface area (Å²) in [6.45, 7) is 1.32. The lowest BCUT2D eigenvalue weighted by Crippen LogP contribution is -2.30. The van der Waals surface area contributed by atoms with Gasteiger partial charge in [-0.15, -0.1) is 0 Å². The van der Waals surface area contributed by atoms with Gasteiger partial charge < -0.3 is 10.1 Å². The summed E-state index contributed by atoms with van der Waals surface area (Å²) in [5.41, 5.74) is 0.651. The lowest BCUT2D eigenvalue weighted by atomic mass is 10.2. The number of benzene rings is 1. The molecule has 0 unspecified atom stereocenters. The second-order valence-corrected chi connectivity index (χ2v) is 5.16. The minimum atomic E-state index is -0.175. The predicted molar refractivity (Wildman–Crippen MR) is 77.5 cm³/mol. The van der Waals surface area contributed by atoms with E-state index in [1.807, 2.05) is 0 Å². The first-order valence-corrected chi connectivity index (χ1v) is 6.94. The third-order valence-corrected chi connectivity index (χ3v) is 3.59. The maximum Gasteiger partial charge on any atom is 0.244 e. The highest BCUT2D eigenvalue weighted by Gasteiger charge is 2.15. The van der Waals surface area contributed by atoms with E-state index in [0.717, 1.165) is 19.4 Å².